The molecule has 4 heteroatoms. The van der Waals surface area contributed by atoms with Crippen molar-refractivity contribution in [2.24, 2.45) is 0 Å². The summed E-state index contributed by atoms with van der Waals surface area (Å²) >= 11 is 0. The molecule has 1 aliphatic rings. The normalized spacial score (nSPS) is 17.9. The molecule has 0 aromatic heterocycles. The molecular weight excluding hydrogens is 201 g/mol. The molecule has 0 aliphatic heterocycles. The molecule has 0 aromatic carbocycles. The van der Waals surface area contributed by atoms with Crippen molar-refractivity contribution in [3.63, 3.8) is 0 Å². The summed E-state index contributed by atoms with van der Waals surface area (Å²) < 4.78 is 0. The summed E-state index contributed by atoms with van der Waals surface area (Å²) in [5.41, 5.74) is 0. The van der Waals surface area contributed by atoms with Crippen molar-refractivity contribution < 1.29 is 9.90 Å². The summed E-state index contributed by atoms with van der Waals surface area (Å²) in [6, 6.07) is 0.645. The summed E-state index contributed by atoms with van der Waals surface area (Å²) in [7, 11) is 0. The molecule has 3 nitrogen and oxygen atoms in total. The van der Waals surface area contributed by atoms with E-state index >= 15 is 0 Å². The maximum absolute atomic E-state index is 10.3. The molecule has 84 valence electrons. The third kappa shape index (κ3) is 8.26. The molecule has 2 N–H and O–H groups in total. The van der Waals surface area contributed by atoms with Gasteiger partial charge in [-0.05, 0) is 25.8 Å². The third-order valence-electron chi connectivity index (χ3n) is 2.86. The Morgan fingerprint density at radius 2 is 1.80 bits per heavy atom. The van der Waals surface area contributed by atoms with Crippen LogP contribution in [0.2, 0.25) is 0 Å². The standard InChI is InChI=1S/C11H21NO2.Na.H/c13-11(14)8-5-9-12-10-6-3-1-2-4-7-10;;/h10,12H,1-9H2,(H,13,14);;. The third-order valence-corrected chi connectivity index (χ3v) is 2.86. The van der Waals surface area contributed by atoms with Crippen molar-refractivity contribution in [1.82, 2.24) is 5.32 Å². The molecule has 1 saturated carbocycles. The fourth-order valence-corrected chi connectivity index (χ4v) is 2.03. The Hall–Kier alpha value is 0.430. The van der Waals surface area contributed by atoms with Crippen LogP contribution < -0.4 is 5.32 Å². The maximum atomic E-state index is 10.3. The van der Waals surface area contributed by atoms with E-state index in [-0.39, 0.29) is 29.6 Å². The zero-order valence-corrected chi connectivity index (χ0v) is 8.80. The number of carboxylic acids is 1. The van der Waals surface area contributed by atoms with Crippen molar-refractivity contribution in [3.05, 3.63) is 0 Å². The average molecular weight is 223 g/mol. The molecule has 1 rings (SSSR count). The van der Waals surface area contributed by atoms with E-state index in [2.05, 4.69) is 5.32 Å². The second kappa shape index (κ2) is 9.64. The first-order valence-corrected chi connectivity index (χ1v) is 5.74. The average Bonchev–Trinajstić information content (AvgIpc) is 2.40. The van der Waals surface area contributed by atoms with E-state index in [0.29, 0.717) is 12.5 Å². The Morgan fingerprint density at radius 3 is 2.33 bits per heavy atom. The van der Waals surface area contributed by atoms with E-state index in [1.165, 1.54) is 38.5 Å². The molecule has 0 radical (unpaired) electrons. The number of carbonyl (C=O) groups is 1. The van der Waals surface area contributed by atoms with Crippen molar-refractivity contribution >= 4 is 35.5 Å². The van der Waals surface area contributed by atoms with Crippen LogP contribution in [0.5, 0.6) is 0 Å². The van der Waals surface area contributed by atoms with Crippen molar-refractivity contribution in [3.8, 4) is 0 Å². The van der Waals surface area contributed by atoms with Gasteiger partial charge in [0, 0.05) is 12.5 Å². The summed E-state index contributed by atoms with van der Waals surface area (Å²) in [6.07, 6.45) is 8.99. The fraction of sp³-hybridized carbons (Fsp3) is 0.909. The molecule has 0 aromatic rings. The number of aliphatic carboxylic acids is 1. The number of hydrogen-bond acceptors (Lipinski definition) is 2. The zero-order chi connectivity index (χ0) is 10.2. The van der Waals surface area contributed by atoms with Gasteiger partial charge in [0.2, 0.25) is 0 Å². The molecule has 1 fully saturated rings. The molecular formula is C11H22NNaO2. The molecule has 0 atom stereocenters. The predicted octanol–water partition coefficient (Wildman–Crippen LogP) is 1.52. The van der Waals surface area contributed by atoms with Gasteiger partial charge in [-0.25, -0.2) is 0 Å². The molecule has 0 spiro atoms. The van der Waals surface area contributed by atoms with Gasteiger partial charge >= 0.3 is 35.5 Å². The van der Waals surface area contributed by atoms with E-state index in [1.807, 2.05) is 0 Å². The molecule has 0 amide bonds. The van der Waals surface area contributed by atoms with E-state index in [0.717, 1.165) is 13.0 Å². The first kappa shape index (κ1) is 15.4. The van der Waals surface area contributed by atoms with Gasteiger partial charge in [0.25, 0.3) is 0 Å². The molecule has 15 heavy (non-hydrogen) atoms. The van der Waals surface area contributed by atoms with E-state index in [1.54, 1.807) is 0 Å². The summed E-state index contributed by atoms with van der Waals surface area (Å²) in [5.74, 6) is -0.687. The van der Waals surface area contributed by atoms with Crippen molar-refractivity contribution in [2.75, 3.05) is 6.54 Å². The molecule has 0 heterocycles. The van der Waals surface area contributed by atoms with Crippen LogP contribution in [0, 0.1) is 0 Å². The first-order valence-electron chi connectivity index (χ1n) is 5.74. The number of hydrogen-bond donors (Lipinski definition) is 2. The molecule has 0 bridgehead atoms. The Morgan fingerprint density at radius 1 is 1.20 bits per heavy atom. The molecule has 1 aliphatic carbocycles. The van der Waals surface area contributed by atoms with Crippen LogP contribution in [0.15, 0.2) is 0 Å². The second-order valence-electron chi connectivity index (χ2n) is 4.14. The first-order chi connectivity index (χ1) is 6.79. The van der Waals surface area contributed by atoms with Crippen molar-refractivity contribution in [1.29, 1.82) is 0 Å². The summed E-state index contributed by atoms with van der Waals surface area (Å²) in [4.78, 5) is 10.3. The number of nitrogens with one attached hydrogen (secondary N) is 1. The summed E-state index contributed by atoms with van der Waals surface area (Å²) in [5, 5.41) is 11.9. The van der Waals surface area contributed by atoms with Gasteiger partial charge in [-0.15, -0.1) is 0 Å². The van der Waals surface area contributed by atoms with E-state index in [9.17, 15) is 4.79 Å². The van der Waals surface area contributed by atoms with Gasteiger partial charge in [-0.2, -0.15) is 0 Å². The number of carboxylic acid groups (broad SMARTS) is 1. The Balaban J connectivity index is 0.00000196. The van der Waals surface area contributed by atoms with Crippen molar-refractivity contribution in [2.45, 2.75) is 57.4 Å². The van der Waals surface area contributed by atoms with Crippen LogP contribution in [-0.4, -0.2) is 53.2 Å². The Labute approximate surface area is 114 Å². The molecule has 0 unspecified atom stereocenters. The fourth-order valence-electron chi connectivity index (χ4n) is 2.03. The van der Waals surface area contributed by atoms with Gasteiger partial charge in [-0.3, -0.25) is 4.79 Å². The van der Waals surface area contributed by atoms with Gasteiger partial charge in [0.15, 0.2) is 0 Å². The van der Waals surface area contributed by atoms with Crippen LogP contribution >= 0.6 is 0 Å². The van der Waals surface area contributed by atoms with Gasteiger partial charge in [-0.1, -0.05) is 25.7 Å². The minimum atomic E-state index is -0.687. The second-order valence-corrected chi connectivity index (χ2v) is 4.14. The SMILES string of the molecule is O=C(O)CCCNC1CCCCCC1.[NaH]. The van der Waals surface area contributed by atoms with Crippen LogP contribution in [0.1, 0.15) is 51.4 Å². The monoisotopic (exact) mass is 223 g/mol. The Bertz CT molecular complexity index is 168. The summed E-state index contributed by atoms with van der Waals surface area (Å²) in [6.45, 7) is 0.858. The molecule has 0 saturated heterocycles. The van der Waals surface area contributed by atoms with E-state index in [4.69, 9.17) is 5.11 Å². The quantitative estimate of drug-likeness (QED) is 0.422. The van der Waals surface area contributed by atoms with Gasteiger partial charge < -0.3 is 10.4 Å². The van der Waals surface area contributed by atoms with Gasteiger partial charge in [0.05, 0.1) is 0 Å². The topological polar surface area (TPSA) is 49.3 Å². The van der Waals surface area contributed by atoms with Crippen LogP contribution in [0.4, 0.5) is 0 Å². The number of rotatable bonds is 5. The van der Waals surface area contributed by atoms with Crippen LogP contribution in [0.25, 0.3) is 0 Å². The van der Waals surface area contributed by atoms with Gasteiger partial charge in [0.1, 0.15) is 0 Å². The Kier molecular flexibility index (Phi) is 9.92. The minimum absolute atomic E-state index is 0. The van der Waals surface area contributed by atoms with E-state index < -0.39 is 5.97 Å². The zero-order valence-electron chi connectivity index (χ0n) is 8.80. The van der Waals surface area contributed by atoms with Crippen LogP contribution in [-0.2, 0) is 4.79 Å². The predicted molar refractivity (Wildman–Crippen MR) is 63.5 cm³/mol. The van der Waals surface area contributed by atoms with Crippen LogP contribution in [0.3, 0.4) is 0 Å².